The van der Waals surface area contributed by atoms with Gasteiger partial charge in [0.25, 0.3) is 0 Å². The summed E-state index contributed by atoms with van der Waals surface area (Å²) in [4.78, 5) is 1.47. The number of nitrogens with zero attached hydrogens (tertiary/aromatic N) is 5. The first-order valence-electron chi connectivity index (χ1n) is 3.89. The predicted molar refractivity (Wildman–Crippen MR) is 46.6 cm³/mol. The molecular weight excluding hydrogens is 154 g/mol. The monoisotopic (exact) mass is 169 g/mol. The molecule has 0 aliphatic carbocycles. The van der Waals surface area contributed by atoms with E-state index in [1.807, 2.05) is 14.1 Å². The highest BCUT2D eigenvalue weighted by atomic mass is 15.8. The van der Waals surface area contributed by atoms with E-state index in [0.29, 0.717) is 0 Å². The summed E-state index contributed by atoms with van der Waals surface area (Å²) in [7, 11) is 3.74. The molecule has 0 spiro atoms. The van der Waals surface area contributed by atoms with Crippen LogP contribution in [0.15, 0.2) is 0 Å². The van der Waals surface area contributed by atoms with Gasteiger partial charge in [0.05, 0.1) is 0 Å². The topological polar surface area (TPSA) is 46.8 Å². The van der Waals surface area contributed by atoms with E-state index in [0.717, 1.165) is 5.82 Å². The van der Waals surface area contributed by atoms with Gasteiger partial charge in [-0.1, -0.05) is 25.7 Å². The Balaban J connectivity index is 2.92. The van der Waals surface area contributed by atoms with Crippen LogP contribution >= 0.6 is 0 Å². The van der Waals surface area contributed by atoms with E-state index in [-0.39, 0.29) is 5.41 Å². The average Bonchev–Trinajstić information content (AvgIpc) is 2.30. The molecule has 0 saturated heterocycles. The first-order chi connectivity index (χ1) is 5.41. The van der Waals surface area contributed by atoms with Crippen LogP contribution < -0.4 is 5.01 Å². The molecule has 1 aromatic heterocycles. The minimum absolute atomic E-state index is 0.0335. The minimum Gasteiger partial charge on any atom is -0.284 e. The van der Waals surface area contributed by atoms with Crippen molar-refractivity contribution in [1.29, 1.82) is 0 Å². The summed E-state index contributed by atoms with van der Waals surface area (Å²) < 4.78 is 0. The molecule has 0 bridgehead atoms. The first-order valence-corrected chi connectivity index (χ1v) is 3.89. The Hall–Kier alpha value is -1.13. The number of hydrogen-bond acceptors (Lipinski definition) is 4. The van der Waals surface area contributed by atoms with Gasteiger partial charge >= 0.3 is 0 Å². The summed E-state index contributed by atoms with van der Waals surface area (Å²) in [5, 5.41) is 13.8. The Kier molecular flexibility index (Phi) is 2.04. The zero-order chi connectivity index (χ0) is 9.35. The lowest BCUT2D eigenvalue weighted by molar-refractivity contribution is 0.514. The number of hydrogen-bond donors (Lipinski definition) is 0. The SMILES string of the molecule is CN(C)n1nnc(C(C)(C)C)n1. The van der Waals surface area contributed by atoms with Gasteiger partial charge in [0.2, 0.25) is 0 Å². The molecule has 0 N–H and O–H groups in total. The lowest BCUT2D eigenvalue weighted by Gasteiger charge is -2.12. The highest BCUT2D eigenvalue weighted by Crippen LogP contribution is 2.15. The van der Waals surface area contributed by atoms with Crippen LogP contribution in [0.5, 0.6) is 0 Å². The Morgan fingerprint density at radius 2 is 1.83 bits per heavy atom. The Bertz CT molecular complexity index is 257. The zero-order valence-corrected chi connectivity index (χ0v) is 8.24. The summed E-state index contributed by atoms with van der Waals surface area (Å²) in [5.41, 5.74) is -0.0335. The molecule has 1 heterocycles. The molecule has 1 rings (SSSR count). The van der Waals surface area contributed by atoms with Crippen molar-refractivity contribution in [1.82, 2.24) is 20.3 Å². The Morgan fingerprint density at radius 3 is 2.08 bits per heavy atom. The van der Waals surface area contributed by atoms with E-state index in [1.54, 1.807) is 5.01 Å². The molecule has 0 amide bonds. The molecule has 0 aliphatic heterocycles. The summed E-state index contributed by atoms with van der Waals surface area (Å²) in [6.45, 7) is 6.18. The highest BCUT2D eigenvalue weighted by Gasteiger charge is 2.20. The maximum absolute atomic E-state index is 4.20. The zero-order valence-electron chi connectivity index (χ0n) is 8.24. The van der Waals surface area contributed by atoms with Crippen LogP contribution in [0, 0.1) is 0 Å². The van der Waals surface area contributed by atoms with Gasteiger partial charge < -0.3 is 0 Å². The lowest BCUT2D eigenvalue weighted by atomic mass is 9.96. The molecule has 0 aliphatic rings. The van der Waals surface area contributed by atoms with Gasteiger partial charge in [-0.25, -0.2) is 0 Å². The first kappa shape index (κ1) is 8.96. The predicted octanol–water partition coefficient (Wildman–Crippen LogP) is 0.168. The smallest absolute Gasteiger partial charge is 0.182 e. The average molecular weight is 169 g/mol. The molecule has 0 unspecified atom stereocenters. The van der Waals surface area contributed by atoms with Gasteiger partial charge in [0, 0.05) is 19.5 Å². The molecule has 0 saturated carbocycles. The van der Waals surface area contributed by atoms with Gasteiger partial charge in [0.1, 0.15) is 0 Å². The van der Waals surface area contributed by atoms with Crippen molar-refractivity contribution in [3.63, 3.8) is 0 Å². The highest BCUT2D eigenvalue weighted by molar-refractivity contribution is 4.96. The number of aromatic nitrogens is 4. The van der Waals surface area contributed by atoms with Gasteiger partial charge in [-0.05, 0) is 5.21 Å². The fraction of sp³-hybridized carbons (Fsp3) is 0.857. The molecule has 5 nitrogen and oxygen atoms in total. The van der Waals surface area contributed by atoms with Crippen molar-refractivity contribution in [3.05, 3.63) is 5.82 Å². The van der Waals surface area contributed by atoms with Gasteiger partial charge in [-0.3, -0.25) is 5.01 Å². The van der Waals surface area contributed by atoms with Crippen LogP contribution in [0.2, 0.25) is 0 Å². The fourth-order valence-corrected chi connectivity index (χ4v) is 0.677. The van der Waals surface area contributed by atoms with Crippen molar-refractivity contribution in [2.75, 3.05) is 19.1 Å². The molecule has 12 heavy (non-hydrogen) atoms. The number of rotatable bonds is 1. The van der Waals surface area contributed by atoms with E-state index in [4.69, 9.17) is 0 Å². The van der Waals surface area contributed by atoms with E-state index in [9.17, 15) is 0 Å². The van der Waals surface area contributed by atoms with E-state index in [1.165, 1.54) is 4.91 Å². The van der Waals surface area contributed by atoms with Crippen LogP contribution in [0.1, 0.15) is 26.6 Å². The van der Waals surface area contributed by atoms with Crippen molar-refractivity contribution in [2.24, 2.45) is 0 Å². The third-order valence-electron chi connectivity index (χ3n) is 1.43. The third kappa shape index (κ3) is 1.72. The van der Waals surface area contributed by atoms with Crippen LogP contribution in [-0.2, 0) is 5.41 Å². The summed E-state index contributed by atoms with van der Waals surface area (Å²) in [6.07, 6.45) is 0. The summed E-state index contributed by atoms with van der Waals surface area (Å²) in [6, 6.07) is 0. The second-order valence-corrected chi connectivity index (χ2v) is 3.98. The second kappa shape index (κ2) is 2.73. The molecule has 68 valence electrons. The van der Waals surface area contributed by atoms with Crippen molar-refractivity contribution in [3.8, 4) is 0 Å². The van der Waals surface area contributed by atoms with Crippen LogP contribution in [0.3, 0.4) is 0 Å². The van der Waals surface area contributed by atoms with Crippen LogP contribution in [-0.4, -0.2) is 34.4 Å². The normalized spacial score (nSPS) is 11.8. The molecule has 1 aromatic rings. The largest absolute Gasteiger partial charge is 0.284 e. The fourth-order valence-electron chi connectivity index (χ4n) is 0.677. The Labute approximate surface area is 72.3 Å². The van der Waals surface area contributed by atoms with Crippen LogP contribution in [0.25, 0.3) is 0 Å². The van der Waals surface area contributed by atoms with E-state index in [2.05, 4.69) is 36.2 Å². The van der Waals surface area contributed by atoms with Crippen molar-refractivity contribution >= 4 is 0 Å². The quantitative estimate of drug-likeness (QED) is 0.601. The summed E-state index contributed by atoms with van der Waals surface area (Å²) in [5.74, 6) is 0.760. The van der Waals surface area contributed by atoms with Gasteiger partial charge in [0.15, 0.2) is 5.82 Å². The minimum atomic E-state index is -0.0335. The van der Waals surface area contributed by atoms with Crippen molar-refractivity contribution in [2.45, 2.75) is 26.2 Å². The molecule has 0 atom stereocenters. The van der Waals surface area contributed by atoms with Gasteiger partial charge in [-0.15, -0.1) is 10.2 Å². The summed E-state index contributed by atoms with van der Waals surface area (Å²) >= 11 is 0. The molecule has 5 heteroatoms. The van der Waals surface area contributed by atoms with E-state index < -0.39 is 0 Å². The van der Waals surface area contributed by atoms with E-state index >= 15 is 0 Å². The number of tetrazole rings is 1. The molecule has 0 aromatic carbocycles. The molecule has 0 radical (unpaired) electrons. The maximum atomic E-state index is 4.20. The second-order valence-electron chi connectivity index (χ2n) is 3.98. The maximum Gasteiger partial charge on any atom is 0.182 e. The molecule has 0 fully saturated rings. The molecular formula is C7H15N5. The third-order valence-corrected chi connectivity index (χ3v) is 1.43. The van der Waals surface area contributed by atoms with Crippen molar-refractivity contribution < 1.29 is 0 Å². The standard InChI is InChI=1S/C7H15N5/c1-7(2,3)6-8-10-12(9-6)11(4)5/h1-5H3. The van der Waals surface area contributed by atoms with Crippen LogP contribution in [0.4, 0.5) is 0 Å². The van der Waals surface area contributed by atoms with Gasteiger partial charge in [-0.2, -0.15) is 0 Å². The Morgan fingerprint density at radius 1 is 1.25 bits per heavy atom. The lowest BCUT2D eigenvalue weighted by Crippen LogP contribution is -2.28.